The molecule has 7 nitrogen and oxygen atoms in total. The zero-order chi connectivity index (χ0) is 15.0. The zero-order valence-electron chi connectivity index (χ0n) is 10.9. The Labute approximate surface area is 124 Å². The summed E-state index contributed by atoms with van der Waals surface area (Å²) in [4.78, 5) is 25.1. The molecule has 108 valence electrons. The second kappa shape index (κ2) is 5.17. The van der Waals surface area contributed by atoms with Gasteiger partial charge in [0.05, 0.1) is 6.54 Å². The summed E-state index contributed by atoms with van der Waals surface area (Å²) in [6.07, 6.45) is 0. The van der Waals surface area contributed by atoms with E-state index in [2.05, 4.69) is 10.3 Å². The van der Waals surface area contributed by atoms with Crippen LogP contribution in [-0.4, -0.2) is 43.4 Å². The lowest BCUT2D eigenvalue weighted by molar-refractivity contribution is 0.0641. The molecule has 0 radical (unpaired) electrons. The van der Waals surface area contributed by atoms with Crippen LogP contribution in [0.4, 0.5) is 0 Å². The van der Waals surface area contributed by atoms with Crippen molar-refractivity contribution in [3.05, 3.63) is 46.2 Å². The summed E-state index contributed by atoms with van der Waals surface area (Å²) in [5.41, 5.74) is 0.647. The van der Waals surface area contributed by atoms with Crippen molar-refractivity contribution < 1.29 is 14.7 Å². The Morgan fingerprint density at radius 2 is 2.00 bits per heavy atom. The third-order valence-electron chi connectivity index (χ3n) is 3.30. The quantitative estimate of drug-likeness (QED) is 0.923. The molecular weight excluding hydrogens is 296 g/mol. The predicted octanol–water partition coefficient (Wildman–Crippen LogP) is 1.29. The number of carbonyl (C=O) groups excluding carboxylic acids is 1. The maximum absolute atomic E-state index is 12.4. The van der Waals surface area contributed by atoms with E-state index in [1.165, 1.54) is 4.68 Å². The maximum Gasteiger partial charge on any atom is 0.358 e. The number of carboxylic acids is 1. The second-order valence-corrected chi connectivity index (χ2v) is 5.10. The van der Waals surface area contributed by atoms with Gasteiger partial charge in [0.25, 0.3) is 5.91 Å². The van der Waals surface area contributed by atoms with Crippen LogP contribution in [0.3, 0.4) is 0 Å². The van der Waals surface area contributed by atoms with E-state index in [0.29, 0.717) is 24.7 Å². The predicted molar refractivity (Wildman–Crippen MR) is 73.2 cm³/mol. The summed E-state index contributed by atoms with van der Waals surface area (Å²) in [6.45, 7) is 1.27. The SMILES string of the molecule is O=C(O)c1nnn2c1C(=O)N(Cc1ccc(Cl)cc1)CC2. The molecule has 1 amide bonds. The number of fused-ring (bicyclic) bond motifs is 1. The number of carbonyl (C=O) groups is 2. The third-order valence-corrected chi connectivity index (χ3v) is 3.55. The van der Waals surface area contributed by atoms with Gasteiger partial charge in [-0.1, -0.05) is 28.9 Å². The molecule has 0 saturated carbocycles. The van der Waals surface area contributed by atoms with E-state index in [0.717, 1.165) is 5.56 Å². The minimum atomic E-state index is -1.25. The zero-order valence-corrected chi connectivity index (χ0v) is 11.6. The number of hydrogen-bond donors (Lipinski definition) is 1. The molecule has 0 saturated heterocycles. The van der Waals surface area contributed by atoms with Crippen LogP contribution in [0.15, 0.2) is 24.3 Å². The first-order chi connectivity index (χ1) is 10.1. The molecule has 1 aliphatic heterocycles. The van der Waals surface area contributed by atoms with Gasteiger partial charge < -0.3 is 10.0 Å². The number of benzene rings is 1. The number of amides is 1. The second-order valence-electron chi connectivity index (χ2n) is 4.67. The molecule has 21 heavy (non-hydrogen) atoms. The van der Waals surface area contributed by atoms with Crippen molar-refractivity contribution in [2.45, 2.75) is 13.1 Å². The van der Waals surface area contributed by atoms with E-state index in [1.807, 2.05) is 12.1 Å². The summed E-state index contributed by atoms with van der Waals surface area (Å²) < 4.78 is 1.34. The Morgan fingerprint density at radius 3 is 2.67 bits per heavy atom. The van der Waals surface area contributed by atoms with Crippen molar-refractivity contribution in [3.63, 3.8) is 0 Å². The number of nitrogens with zero attached hydrogens (tertiary/aromatic N) is 4. The first kappa shape index (κ1) is 13.6. The highest BCUT2D eigenvalue weighted by atomic mass is 35.5. The number of rotatable bonds is 3. The Balaban J connectivity index is 1.86. The highest BCUT2D eigenvalue weighted by Crippen LogP contribution is 2.18. The van der Waals surface area contributed by atoms with Gasteiger partial charge in [0.2, 0.25) is 5.69 Å². The first-order valence-corrected chi connectivity index (χ1v) is 6.64. The molecule has 0 bridgehead atoms. The standard InChI is InChI=1S/C13H11ClN4O3/c14-9-3-1-8(2-4-9)7-17-5-6-18-11(12(17)19)10(13(20)21)15-16-18/h1-4H,5-7H2,(H,20,21). The smallest absolute Gasteiger partial charge is 0.358 e. The van der Waals surface area contributed by atoms with Crippen molar-refractivity contribution in [2.75, 3.05) is 6.54 Å². The van der Waals surface area contributed by atoms with Crippen LogP contribution >= 0.6 is 11.6 Å². The summed E-state index contributed by atoms with van der Waals surface area (Å²) in [5.74, 6) is -1.63. The molecule has 1 aromatic heterocycles. The molecule has 0 unspecified atom stereocenters. The summed E-state index contributed by atoms with van der Waals surface area (Å²) in [6, 6.07) is 7.16. The average Bonchev–Trinajstić information content (AvgIpc) is 2.89. The molecule has 3 rings (SSSR count). The van der Waals surface area contributed by atoms with E-state index in [4.69, 9.17) is 16.7 Å². The van der Waals surface area contributed by atoms with Crippen molar-refractivity contribution in [1.82, 2.24) is 19.9 Å². The minimum absolute atomic E-state index is 0.0303. The van der Waals surface area contributed by atoms with Gasteiger partial charge in [-0.05, 0) is 17.7 Å². The Bertz CT molecular complexity index is 711. The van der Waals surface area contributed by atoms with Gasteiger partial charge >= 0.3 is 5.97 Å². The van der Waals surface area contributed by atoms with E-state index >= 15 is 0 Å². The minimum Gasteiger partial charge on any atom is -0.476 e. The fourth-order valence-electron chi connectivity index (χ4n) is 2.25. The third kappa shape index (κ3) is 2.47. The number of hydrogen-bond acceptors (Lipinski definition) is 4. The lowest BCUT2D eigenvalue weighted by atomic mass is 10.1. The van der Waals surface area contributed by atoms with E-state index in [9.17, 15) is 9.59 Å². The Kier molecular flexibility index (Phi) is 3.34. The summed E-state index contributed by atoms with van der Waals surface area (Å²) >= 11 is 5.83. The van der Waals surface area contributed by atoms with E-state index in [1.54, 1.807) is 17.0 Å². The summed E-state index contributed by atoms with van der Waals surface area (Å²) in [7, 11) is 0. The van der Waals surface area contributed by atoms with Gasteiger partial charge in [-0.2, -0.15) is 0 Å². The van der Waals surface area contributed by atoms with Crippen LogP contribution in [0.2, 0.25) is 5.02 Å². The van der Waals surface area contributed by atoms with Crippen molar-refractivity contribution in [1.29, 1.82) is 0 Å². The molecule has 0 fully saturated rings. The molecule has 2 heterocycles. The van der Waals surface area contributed by atoms with Crippen molar-refractivity contribution in [3.8, 4) is 0 Å². The van der Waals surface area contributed by atoms with E-state index in [-0.39, 0.29) is 17.3 Å². The van der Waals surface area contributed by atoms with Crippen LogP contribution in [-0.2, 0) is 13.1 Å². The van der Waals surface area contributed by atoms with E-state index < -0.39 is 5.97 Å². The fraction of sp³-hybridized carbons (Fsp3) is 0.231. The molecule has 0 atom stereocenters. The van der Waals surface area contributed by atoms with Gasteiger partial charge in [0, 0.05) is 18.1 Å². The van der Waals surface area contributed by atoms with Gasteiger partial charge in [-0.15, -0.1) is 5.10 Å². The van der Waals surface area contributed by atoms with Crippen LogP contribution in [0.1, 0.15) is 26.5 Å². The number of carboxylic acid groups (broad SMARTS) is 1. The topological polar surface area (TPSA) is 88.3 Å². The molecule has 0 aliphatic carbocycles. The van der Waals surface area contributed by atoms with Crippen molar-refractivity contribution in [2.24, 2.45) is 0 Å². The molecular formula is C13H11ClN4O3. The normalized spacial score (nSPS) is 14.1. The van der Waals surface area contributed by atoms with Crippen LogP contribution in [0.25, 0.3) is 0 Å². The van der Waals surface area contributed by atoms with Crippen molar-refractivity contribution >= 4 is 23.5 Å². The lowest BCUT2D eigenvalue weighted by Gasteiger charge is -2.27. The maximum atomic E-state index is 12.4. The summed E-state index contributed by atoms with van der Waals surface area (Å²) in [5, 5.41) is 16.9. The van der Waals surface area contributed by atoms with Crippen LogP contribution in [0, 0.1) is 0 Å². The molecule has 1 aromatic carbocycles. The highest BCUT2D eigenvalue weighted by Gasteiger charge is 2.32. The molecule has 0 spiro atoms. The molecule has 2 aromatic rings. The molecule has 1 aliphatic rings. The Morgan fingerprint density at radius 1 is 1.29 bits per heavy atom. The monoisotopic (exact) mass is 306 g/mol. The molecule has 8 heteroatoms. The average molecular weight is 307 g/mol. The van der Waals surface area contributed by atoms with Gasteiger partial charge in [0.1, 0.15) is 0 Å². The first-order valence-electron chi connectivity index (χ1n) is 6.27. The van der Waals surface area contributed by atoms with Crippen LogP contribution in [0.5, 0.6) is 0 Å². The Hall–Kier alpha value is -2.41. The largest absolute Gasteiger partial charge is 0.476 e. The number of aromatic carboxylic acids is 1. The van der Waals surface area contributed by atoms with Crippen LogP contribution < -0.4 is 0 Å². The van der Waals surface area contributed by atoms with Gasteiger partial charge in [-0.3, -0.25) is 4.79 Å². The fourth-order valence-corrected chi connectivity index (χ4v) is 2.38. The highest BCUT2D eigenvalue weighted by molar-refractivity contribution is 6.30. The number of aromatic nitrogens is 3. The van der Waals surface area contributed by atoms with Gasteiger partial charge in [-0.25, -0.2) is 9.48 Å². The number of halogens is 1. The lowest BCUT2D eigenvalue weighted by Crippen LogP contribution is -2.40. The van der Waals surface area contributed by atoms with Gasteiger partial charge in [0.15, 0.2) is 5.69 Å². The molecule has 1 N–H and O–H groups in total.